The smallest absolute Gasteiger partial charge is 0.416 e. The predicted molar refractivity (Wildman–Crippen MR) is 104 cm³/mol. The van der Waals surface area contributed by atoms with Gasteiger partial charge in [0.25, 0.3) is 0 Å². The average Bonchev–Trinajstić information content (AvgIpc) is 3.25. The molecule has 12 heteroatoms. The van der Waals surface area contributed by atoms with E-state index in [1.165, 1.54) is 6.20 Å². The number of primary amides is 1. The van der Waals surface area contributed by atoms with Crippen LogP contribution in [-0.2, 0) is 16.1 Å². The molecule has 0 aliphatic carbocycles. The topological polar surface area (TPSA) is 112 Å². The fourth-order valence-corrected chi connectivity index (χ4v) is 3.56. The van der Waals surface area contributed by atoms with Gasteiger partial charge in [-0.1, -0.05) is 6.92 Å². The Hall–Kier alpha value is -3.44. The Labute approximate surface area is 174 Å². The van der Waals surface area contributed by atoms with Crippen LogP contribution in [0.5, 0.6) is 5.75 Å². The van der Waals surface area contributed by atoms with E-state index in [1.54, 1.807) is 22.8 Å². The Kier molecular flexibility index (Phi) is 5.15. The summed E-state index contributed by atoms with van der Waals surface area (Å²) in [5, 5.41) is 3.02. The van der Waals surface area contributed by atoms with Gasteiger partial charge in [0.05, 0.1) is 12.1 Å². The second-order valence-electron chi connectivity index (χ2n) is 7.19. The van der Waals surface area contributed by atoms with E-state index in [2.05, 4.69) is 15.0 Å². The first-order valence-corrected chi connectivity index (χ1v) is 9.62. The number of cyclic esters (lactones) is 1. The number of benzene rings is 1. The van der Waals surface area contributed by atoms with E-state index in [0.29, 0.717) is 40.7 Å². The number of alkyl halides is 3. The molecule has 0 unspecified atom stereocenters. The van der Waals surface area contributed by atoms with Crippen LogP contribution in [0.15, 0.2) is 24.4 Å². The minimum absolute atomic E-state index is 0.144. The minimum atomic E-state index is -4.65. The molecule has 0 saturated carbocycles. The number of halogens is 3. The number of rotatable bonds is 5. The number of aromatic nitrogens is 2. The van der Waals surface area contributed by atoms with Gasteiger partial charge in [-0.05, 0) is 18.6 Å². The Morgan fingerprint density at radius 2 is 2.16 bits per heavy atom. The van der Waals surface area contributed by atoms with Crippen LogP contribution in [0.25, 0.3) is 11.4 Å². The molecule has 2 aliphatic rings. The molecule has 4 rings (SSSR count). The van der Waals surface area contributed by atoms with Gasteiger partial charge in [0.2, 0.25) is 5.91 Å². The zero-order valence-electron chi connectivity index (χ0n) is 16.5. The van der Waals surface area contributed by atoms with Gasteiger partial charge in [-0.3, -0.25) is 4.79 Å². The Bertz CT molecular complexity index is 1020. The molecule has 0 spiro atoms. The van der Waals surface area contributed by atoms with Gasteiger partial charge in [0.15, 0.2) is 11.9 Å². The lowest BCUT2D eigenvalue weighted by Crippen LogP contribution is -2.44. The number of hydrogen-bond acceptors (Lipinski definition) is 6. The summed E-state index contributed by atoms with van der Waals surface area (Å²) in [5.74, 6) is 0.165. The Morgan fingerprint density at radius 1 is 1.39 bits per heavy atom. The molecule has 1 saturated heterocycles. The Balaban J connectivity index is 1.68. The maximum Gasteiger partial charge on any atom is 0.416 e. The number of anilines is 2. The van der Waals surface area contributed by atoms with E-state index in [9.17, 15) is 22.8 Å². The summed E-state index contributed by atoms with van der Waals surface area (Å²) in [4.78, 5) is 28.3. The average molecular weight is 439 g/mol. The number of ether oxygens (including phenoxy) is 2. The van der Waals surface area contributed by atoms with E-state index < -0.39 is 36.9 Å². The van der Waals surface area contributed by atoms with Crippen molar-refractivity contribution < 1.29 is 32.2 Å². The largest absolute Gasteiger partial charge is 0.491 e. The molecule has 2 aromatic rings. The molecule has 166 valence electrons. The van der Waals surface area contributed by atoms with Crippen LogP contribution in [-0.4, -0.2) is 53.0 Å². The molecule has 1 fully saturated rings. The van der Waals surface area contributed by atoms with Crippen LogP contribution in [0.3, 0.4) is 0 Å². The molecule has 3 N–H and O–H groups in total. The third kappa shape index (κ3) is 3.84. The van der Waals surface area contributed by atoms with E-state index in [0.717, 1.165) is 0 Å². The molecular weight excluding hydrogens is 419 g/mol. The standard InChI is InChI=1S/C19H20F3N5O4/c1-2-12(16(23)28)24-10-3-4-11-13(7-10)30-6-5-26-8-15(25-17(11)26)27-14(19(20,21)22)9-31-18(27)29/h3-4,7-8,12,14,24H,2,5-6,9H2,1H3,(H2,23,28)/t12-,14-/m0/s1. The van der Waals surface area contributed by atoms with Crippen LogP contribution in [0, 0.1) is 0 Å². The lowest BCUT2D eigenvalue weighted by Gasteiger charge is -2.21. The van der Waals surface area contributed by atoms with Crippen LogP contribution in [0.4, 0.5) is 29.5 Å². The molecule has 3 heterocycles. The Morgan fingerprint density at radius 3 is 2.84 bits per heavy atom. The van der Waals surface area contributed by atoms with Crippen molar-refractivity contribution in [1.29, 1.82) is 0 Å². The summed E-state index contributed by atoms with van der Waals surface area (Å²) < 4.78 is 52.0. The second-order valence-corrected chi connectivity index (χ2v) is 7.19. The van der Waals surface area contributed by atoms with Crippen molar-refractivity contribution in [2.24, 2.45) is 5.73 Å². The normalized spacial score (nSPS) is 19.0. The number of nitrogens with one attached hydrogen (secondary N) is 1. The number of fused-ring (bicyclic) bond motifs is 3. The van der Waals surface area contributed by atoms with Crippen LogP contribution in [0.1, 0.15) is 13.3 Å². The number of amides is 2. The van der Waals surface area contributed by atoms with Crippen molar-refractivity contribution in [1.82, 2.24) is 9.55 Å². The maximum absolute atomic E-state index is 13.3. The van der Waals surface area contributed by atoms with Crippen molar-refractivity contribution in [2.45, 2.75) is 38.1 Å². The first kappa shape index (κ1) is 20.8. The van der Waals surface area contributed by atoms with Crippen molar-refractivity contribution in [2.75, 3.05) is 23.4 Å². The highest BCUT2D eigenvalue weighted by Crippen LogP contribution is 2.38. The predicted octanol–water partition coefficient (Wildman–Crippen LogP) is 2.51. The molecule has 0 bridgehead atoms. The fourth-order valence-electron chi connectivity index (χ4n) is 3.56. The molecular formula is C19H20F3N5O4. The van der Waals surface area contributed by atoms with Gasteiger partial charge >= 0.3 is 12.3 Å². The fraction of sp³-hybridized carbons (Fsp3) is 0.421. The minimum Gasteiger partial charge on any atom is -0.491 e. The summed E-state index contributed by atoms with van der Waals surface area (Å²) in [7, 11) is 0. The van der Waals surface area contributed by atoms with Crippen molar-refractivity contribution >= 4 is 23.5 Å². The summed E-state index contributed by atoms with van der Waals surface area (Å²) in [5.41, 5.74) is 6.51. The molecule has 31 heavy (non-hydrogen) atoms. The second kappa shape index (κ2) is 7.67. The van der Waals surface area contributed by atoms with E-state index in [-0.39, 0.29) is 12.4 Å². The highest BCUT2D eigenvalue weighted by Gasteiger charge is 2.52. The number of carbonyl (C=O) groups is 2. The number of nitrogens with two attached hydrogens (primary N) is 1. The lowest BCUT2D eigenvalue weighted by atomic mass is 10.1. The molecule has 2 atom stereocenters. The third-order valence-electron chi connectivity index (χ3n) is 5.17. The number of hydrogen-bond donors (Lipinski definition) is 2. The van der Waals surface area contributed by atoms with Gasteiger partial charge in [0.1, 0.15) is 30.8 Å². The zero-order chi connectivity index (χ0) is 22.3. The van der Waals surface area contributed by atoms with Gasteiger partial charge in [-0.2, -0.15) is 13.2 Å². The van der Waals surface area contributed by atoms with Crippen molar-refractivity contribution in [3.63, 3.8) is 0 Å². The highest BCUT2D eigenvalue weighted by molar-refractivity contribution is 5.90. The van der Waals surface area contributed by atoms with Gasteiger partial charge in [0, 0.05) is 18.0 Å². The van der Waals surface area contributed by atoms with Gasteiger partial charge < -0.3 is 25.1 Å². The van der Waals surface area contributed by atoms with Crippen LogP contribution >= 0.6 is 0 Å². The molecule has 0 radical (unpaired) electrons. The first-order valence-electron chi connectivity index (χ1n) is 9.62. The molecule has 2 amide bonds. The number of nitrogens with zero attached hydrogens (tertiary/aromatic N) is 3. The molecule has 9 nitrogen and oxygen atoms in total. The summed E-state index contributed by atoms with van der Waals surface area (Å²) >= 11 is 0. The van der Waals surface area contributed by atoms with Gasteiger partial charge in [-0.15, -0.1) is 0 Å². The van der Waals surface area contributed by atoms with Crippen molar-refractivity contribution in [3.05, 3.63) is 24.4 Å². The molecule has 1 aromatic heterocycles. The van der Waals surface area contributed by atoms with Crippen LogP contribution in [0.2, 0.25) is 0 Å². The summed E-state index contributed by atoms with van der Waals surface area (Å²) in [6, 6.07) is 2.40. The SMILES string of the molecule is CC[C@H](Nc1ccc2c(c1)OCCn1cc(N3C(=O)OC[C@H]3C(F)(F)F)nc1-2)C(N)=O. The van der Waals surface area contributed by atoms with Crippen molar-refractivity contribution in [3.8, 4) is 17.1 Å². The molecule has 1 aromatic carbocycles. The summed E-state index contributed by atoms with van der Waals surface area (Å²) in [6.07, 6.45) is -3.87. The number of imidazole rings is 1. The van der Waals surface area contributed by atoms with E-state index >= 15 is 0 Å². The maximum atomic E-state index is 13.3. The first-order chi connectivity index (χ1) is 14.7. The van der Waals surface area contributed by atoms with E-state index in [4.69, 9.17) is 10.5 Å². The zero-order valence-corrected chi connectivity index (χ0v) is 16.5. The van der Waals surface area contributed by atoms with Crippen LogP contribution < -0.4 is 20.7 Å². The third-order valence-corrected chi connectivity index (χ3v) is 5.17. The monoisotopic (exact) mass is 439 g/mol. The molecule has 2 aliphatic heterocycles. The summed E-state index contributed by atoms with van der Waals surface area (Å²) in [6.45, 7) is 1.59. The highest BCUT2D eigenvalue weighted by atomic mass is 19.4. The van der Waals surface area contributed by atoms with Gasteiger partial charge in [-0.25, -0.2) is 14.7 Å². The number of carbonyl (C=O) groups excluding carboxylic acids is 2. The lowest BCUT2D eigenvalue weighted by molar-refractivity contribution is -0.147. The quantitative estimate of drug-likeness (QED) is 0.741. The van der Waals surface area contributed by atoms with E-state index in [1.807, 2.05) is 6.92 Å².